The van der Waals surface area contributed by atoms with Crippen molar-refractivity contribution in [1.82, 2.24) is 4.98 Å². The van der Waals surface area contributed by atoms with Gasteiger partial charge >= 0.3 is 0 Å². The molecule has 2 aromatic heterocycles. The van der Waals surface area contributed by atoms with Gasteiger partial charge in [0.1, 0.15) is 0 Å². The van der Waals surface area contributed by atoms with Gasteiger partial charge in [0.25, 0.3) is 0 Å². The summed E-state index contributed by atoms with van der Waals surface area (Å²) in [6.45, 7) is 0. The largest absolute Gasteiger partial charge is 0.359 e. The summed E-state index contributed by atoms with van der Waals surface area (Å²) in [6, 6.07) is 1.91. The molecule has 0 amide bonds. The van der Waals surface area contributed by atoms with Crippen LogP contribution in [0.15, 0.2) is 22.4 Å². The highest BCUT2D eigenvalue weighted by Crippen LogP contribution is 2.14. The standard InChI is InChI=1S/C7H4INOS/c8-4-3-9-5-1-2-11-7(5)6(4)10/h1-3H,(H,9,10). The summed E-state index contributed by atoms with van der Waals surface area (Å²) in [4.78, 5) is 14.4. The molecule has 0 radical (unpaired) electrons. The normalized spacial score (nSPS) is 10.6. The Bertz CT molecular complexity index is 445. The van der Waals surface area contributed by atoms with Gasteiger partial charge in [-0.15, -0.1) is 11.3 Å². The molecule has 0 aliphatic rings. The van der Waals surface area contributed by atoms with E-state index in [2.05, 4.69) is 4.98 Å². The predicted molar refractivity (Wildman–Crippen MR) is 55.2 cm³/mol. The van der Waals surface area contributed by atoms with Crippen molar-refractivity contribution >= 4 is 44.1 Å². The van der Waals surface area contributed by atoms with Crippen molar-refractivity contribution < 1.29 is 0 Å². The Hall–Kier alpha value is -0.360. The third kappa shape index (κ3) is 1.10. The van der Waals surface area contributed by atoms with Crippen molar-refractivity contribution in [3.05, 3.63) is 31.4 Å². The van der Waals surface area contributed by atoms with Gasteiger partial charge in [0, 0.05) is 6.20 Å². The Morgan fingerprint density at radius 1 is 1.55 bits per heavy atom. The number of aromatic nitrogens is 1. The quantitative estimate of drug-likeness (QED) is 0.736. The minimum Gasteiger partial charge on any atom is -0.359 e. The van der Waals surface area contributed by atoms with Crippen LogP contribution in [0, 0.1) is 3.57 Å². The van der Waals surface area contributed by atoms with Crippen LogP contribution in [0.4, 0.5) is 0 Å². The summed E-state index contributed by atoms with van der Waals surface area (Å²) in [6.07, 6.45) is 1.73. The van der Waals surface area contributed by atoms with Crippen molar-refractivity contribution in [3.63, 3.8) is 0 Å². The summed E-state index contributed by atoms with van der Waals surface area (Å²) < 4.78 is 1.56. The lowest BCUT2D eigenvalue weighted by atomic mass is 10.4. The SMILES string of the molecule is O=c1c(I)c[nH]c2ccsc12. The molecule has 0 spiro atoms. The summed E-state index contributed by atoms with van der Waals surface area (Å²) in [5.41, 5.74) is 1.06. The molecule has 2 aromatic rings. The molecule has 0 atom stereocenters. The van der Waals surface area contributed by atoms with Crippen LogP contribution in [-0.2, 0) is 0 Å². The van der Waals surface area contributed by atoms with Crippen LogP contribution in [0.1, 0.15) is 0 Å². The van der Waals surface area contributed by atoms with E-state index in [0.717, 1.165) is 13.8 Å². The average Bonchev–Trinajstić information content (AvgIpc) is 2.45. The zero-order chi connectivity index (χ0) is 7.84. The summed E-state index contributed by atoms with van der Waals surface area (Å²) in [7, 11) is 0. The van der Waals surface area contributed by atoms with E-state index in [1.807, 2.05) is 34.0 Å². The molecule has 56 valence electrons. The first-order valence-electron chi connectivity index (χ1n) is 3.03. The van der Waals surface area contributed by atoms with Crippen molar-refractivity contribution in [2.45, 2.75) is 0 Å². The van der Waals surface area contributed by atoms with Gasteiger partial charge in [-0.1, -0.05) is 0 Å². The number of rotatable bonds is 0. The van der Waals surface area contributed by atoms with Crippen LogP contribution in [-0.4, -0.2) is 4.98 Å². The molecule has 0 aliphatic heterocycles. The maximum absolute atomic E-state index is 11.4. The van der Waals surface area contributed by atoms with Gasteiger partial charge < -0.3 is 4.98 Å². The lowest BCUT2D eigenvalue weighted by Crippen LogP contribution is -2.03. The highest BCUT2D eigenvalue weighted by Gasteiger charge is 2.01. The second-order valence-corrected chi connectivity index (χ2v) is 4.21. The number of H-pyrrole nitrogens is 1. The zero-order valence-corrected chi connectivity index (χ0v) is 8.40. The van der Waals surface area contributed by atoms with E-state index in [-0.39, 0.29) is 5.43 Å². The zero-order valence-electron chi connectivity index (χ0n) is 5.43. The van der Waals surface area contributed by atoms with Crippen LogP contribution < -0.4 is 5.43 Å². The fourth-order valence-corrected chi connectivity index (χ4v) is 2.33. The second-order valence-electron chi connectivity index (χ2n) is 2.13. The topological polar surface area (TPSA) is 32.9 Å². The van der Waals surface area contributed by atoms with Gasteiger partial charge in [-0.2, -0.15) is 0 Å². The van der Waals surface area contributed by atoms with Crippen LogP contribution >= 0.6 is 33.9 Å². The molecular formula is C7H4INOS. The molecule has 0 saturated carbocycles. The first kappa shape index (κ1) is 7.30. The molecule has 0 saturated heterocycles. The van der Waals surface area contributed by atoms with Crippen LogP contribution in [0.25, 0.3) is 10.2 Å². The molecular weight excluding hydrogens is 273 g/mol. The first-order valence-corrected chi connectivity index (χ1v) is 4.99. The maximum atomic E-state index is 11.4. The van der Waals surface area contributed by atoms with Gasteiger partial charge in [0.15, 0.2) is 0 Å². The van der Waals surface area contributed by atoms with Crippen LogP contribution in [0.5, 0.6) is 0 Å². The minimum atomic E-state index is 0.134. The Morgan fingerprint density at radius 3 is 3.18 bits per heavy atom. The van der Waals surface area contributed by atoms with Gasteiger partial charge in [-0.05, 0) is 34.0 Å². The van der Waals surface area contributed by atoms with E-state index in [9.17, 15) is 4.79 Å². The molecule has 0 aliphatic carbocycles. The van der Waals surface area contributed by atoms with Crippen LogP contribution in [0.3, 0.4) is 0 Å². The number of pyridine rings is 1. The molecule has 0 aromatic carbocycles. The summed E-state index contributed by atoms with van der Waals surface area (Å²) in [5.74, 6) is 0. The highest BCUT2D eigenvalue weighted by atomic mass is 127. The van der Waals surface area contributed by atoms with E-state index in [1.165, 1.54) is 11.3 Å². The Balaban J connectivity index is 3.05. The van der Waals surface area contributed by atoms with E-state index in [1.54, 1.807) is 6.20 Å². The lowest BCUT2D eigenvalue weighted by molar-refractivity contribution is 1.38. The molecule has 11 heavy (non-hydrogen) atoms. The molecule has 0 unspecified atom stereocenters. The highest BCUT2D eigenvalue weighted by molar-refractivity contribution is 14.1. The Labute approximate surface area is 80.4 Å². The molecule has 0 bridgehead atoms. The molecule has 1 N–H and O–H groups in total. The molecule has 2 rings (SSSR count). The van der Waals surface area contributed by atoms with Crippen molar-refractivity contribution in [1.29, 1.82) is 0 Å². The fraction of sp³-hybridized carbons (Fsp3) is 0. The molecule has 2 heterocycles. The maximum Gasteiger partial charge on any atom is 0.212 e. The van der Waals surface area contributed by atoms with Crippen molar-refractivity contribution in [2.75, 3.05) is 0 Å². The molecule has 4 heteroatoms. The number of nitrogens with one attached hydrogen (secondary N) is 1. The lowest BCUT2D eigenvalue weighted by Gasteiger charge is -1.89. The smallest absolute Gasteiger partial charge is 0.212 e. The third-order valence-corrected chi connectivity index (χ3v) is 3.16. The predicted octanol–water partition coefficient (Wildman–Crippen LogP) is 2.19. The van der Waals surface area contributed by atoms with Gasteiger partial charge in [-0.25, -0.2) is 0 Å². The monoisotopic (exact) mass is 277 g/mol. The second kappa shape index (κ2) is 2.60. The number of hydrogen-bond acceptors (Lipinski definition) is 2. The minimum absolute atomic E-state index is 0.134. The van der Waals surface area contributed by atoms with Gasteiger partial charge in [-0.3, -0.25) is 4.79 Å². The molecule has 2 nitrogen and oxygen atoms in total. The number of halogens is 1. The number of fused-ring (bicyclic) bond motifs is 1. The Morgan fingerprint density at radius 2 is 2.36 bits per heavy atom. The van der Waals surface area contributed by atoms with E-state index in [0.29, 0.717) is 0 Å². The van der Waals surface area contributed by atoms with E-state index in [4.69, 9.17) is 0 Å². The van der Waals surface area contributed by atoms with E-state index < -0.39 is 0 Å². The number of thiophene rings is 1. The third-order valence-electron chi connectivity index (χ3n) is 1.44. The van der Waals surface area contributed by atoms with E-state index >= 15 is 0 Å². The Kier molecular flexibility index (Phi) is 1.72. The van der Waals surface area contributed by atoms with Gasteiger partial charge in [0.2, 0.25) is 5.43 Å². The van der Waals surface area contributed by atoms with Crippen molar-refractivity contribution in [2.24, 2.45) is 0 Å². The summed E-state index contributed by atoms with van der Waals surface area (Å²) in [5, 5.41) is 1.92. The van der Waals surface area contributed by atoms with Gasteiger partial charge in [0.05, 0.1) is 13.8 Å². The molecule has 0 fully saturated rings. The summed E-state index contributed by atoms with van der Waals surface area (Å²) >= 11 is 3.51. The average molecular weight is 277 g/mol. The fourth-order valence-electron chi connectivity index (χ4n) is 0.914. The van der Waals surface area contributed by atoms with Crippen molar-refractivity contribution in [3.8, 4) is 0 Å². The number of aromatic amines is 1. The first-order chi connectivity index (χ1) is 5.29. The number of hydrogen-bond donors (Lipinski definition) is 1. The van der Waals surface area contributed by atoms with Crippen LogP contribution in [0.2, 0.25) is 0 Å².